The maximum absolute atomic E-state index is 13.5. The largest absolute Gasteiger partial charge is 0.383 e. The lowest BCUT2D eigenvalue weighted by Crippen LogP contribution is -2.65. The molecule has 4 N–H and O–H groups in total. The maximum atomic E-state index is 13.5. The third kappa shape index (κ3) is 3.46. The summed E-state index contributed by atoms with van der Waals surface area (Å²) in [6.45, 7) is 4.11. The number of carbonyl (C=O) groups is 1. The fourth-order valence-corrected chi connectivity index (χ4v) is 4.46. The van der Waals surface area contributed by atoms with E-state index < -0.39 is 5.41 Å². The third-order valence-electron chi connectivity index (χ3n) is 5.78. The van der Waals surface area contributed by atoms with Gasteiger partial charge in [-0.05, 0) is 43.9 Å². The van der Waals surface area contributed by atoms with E-state index in [9.17, 15) is 4.79 Å². The molecule has 2 fully saturated rings. The molecular formula is C20H25ClN6O. The SMILES string of the molecule is CC1CCCN1C(=O)C1(Cc2ccc(Cl)cc2)CN(c2cc(N)nc(N)n2)C1. The van der Waals surface area contributed by atoms with E-state index in [1.165, 1.54) is 0 Å². The number of nitrogens with two attached hydrogens (primary N) is 2. The van der Waals surface area contributed by atoms with Crippen molar-refractivity contribution in [1.82, 2.24) is 14.9 Å². The minimum Gasteiger partial charge on any atom is -0.383 e. The van der Waals surface area contributed by atoms with Gasteiger partial charge in [0.15, 0.2) is 0 Å². The van der Waals surface area contributed by atoms with Crippen molar-refractivity contribution in [3.63, 3.8) is 0 Å². The van der Waals surface area contributed by atoms with E-state index in [0.29, 0.717) is 36.2 Å². The number of aromatic nitrogens is 2. The highest BCUT2D eigenvalue weighted by molar-refractivity contribution is 6.30. The number of amides is 1. The lowest BCUT2D eigenvalue weighted by Gasteiger charge is -2.51. The lowest BCUT2D eigenvalue weighted by atomic mass is 9.73. The van der Waals surface area contributed by atoms with Gasteiger partial charge in [-0.25, -0.2) is 0 Å². The van der Waals surface area contributed by atoms with Crippen molar-refractivity contribution in [3.05, 3.63) is 40.9 Å². The van der Waals surface area contributed by atoms with Crippen molar-refractivity contribution in [1.29, 1.82) is 0 Å². The smallest absolute Gasteiger partial charge is 0.232 e. The summed E-state index contributed by atoms with van der Waals surface area (Å²) in [5.41, 5.74) is 12.2. The number of benzene rings is 1. The summed E-state index contributed by atoms with van der Waals surface area (Å²) in [6.07, 6.45) is 2.79. The average Bonchev–Trinajstić information content (AvgIpc) is 3.04. The Morgan fingerprint density at radius 2 is 1.96 bits per heavy atom. The van der Waals surface area contributed by atoms with Gasteiger partial charge in [-0.1, -0.05) is 23.7 Å². The zero-order chi connectivity index (χ0) is 19.9. The molecule has 0 bridgehead atoms. The van der Waals surface area contributed by atoms with Crippen LogP contribution in [0.15, 0.2) is 30.3 Å². The van der Waals surface area contributed by atoms with Gasteiger partial charge in [0.2, 0.25) is 11.9 Å². The van der Waals surface area contributed by atoms with Crippen molar-refractivity contribution >= 4 is 35.1 Å². The fourth-order valence-electron chi connectivity index (χ4n) is 4.34. The molecular weight excluding hydrogens is 376 g/mol. The van der Waals surface area contributed by atoms with E-state index in [2.05, 4.69) is 16.9 Å². The van der Waals surface area contributed by atoms with Gasteiger partial charge in [0.25, 0.3) is 0 Å². The molecule has 28 heavy (non-hydrogen) atoms. The highest BCUT2D eigenvalue weighted by Crippen LogP contribution is 2.40. The number of likely N-dealkylation sites (tertiary alicyclic amines) is 1. The van der Waals surface area contributed by atoms with Gasteiger partial charge in [-0.3, -0.25) is 4.79 Å². The molecule has 7 nitrogen and oxygen atoms in total. The molecule has 1 atom stereocenters. The molecule has 4 rings (SSSR count). The van der Waals surface area contributed by atoms with Crippen LogP contribution in [0.2, 0.25) is 5.02 Å². The zero-order valence-corrected chi connectivity index (χ0v) is 16.7. The number of rotatable bonds is 4. The molecule has 1 amide bonds. The summed E-state index contributed by atoms with van der Waals surface area (Å²) in [6, 6.07) is 9.72. The molecule has 1 aromatic carbocycles. The van der Waals surface area contributed by atoms with Gasteiger partial charge >= 0.3 is 0 Å². The molecule has 0 saturated carbocycles. The monoisotopic (exact) mass is 400 g/mol. The Labute approximate surface area is 169 Å². The maximum Gasteiger partial charge on any atom is 0.232 e. The summed E-state index contributed by atoms with van der Waals surface area (Å²) < 4.78 is 0. The van der Waals surface area contributed by atoms with Crippen molar-refractivity contribution in [2.45, 2.75) is 32.2 Å². The van der Waals surface area contributed by atoms with Crippen LogP contribution in [0, 0.1) is 5.41 Å². The van der Waals surface area contributed by atoms with Crippen LogP contribution >= 0.6 is 11.6 Å². The van der Waals surface area contributed by atoms with Crippen molar-refractivity contribution in [3.8, 4) is 0 Å². The minimum absolute atomic E-state index is 0.143. The van der Waals surface area contributed by atoms with Gasteiger partial charge in [-0.2, -0.15) is 9.97 Å². The standard InChI is InChI=1S/C20H25ClN6O/c1-13-3-2-8-27(13)18(28)20(10-14-4-6-15(21)7-5-14)11-26(12-20)17-9-16(22)24-19(23)25-17/h4-7,9,13H,2-3,8,10-12H2,1H3,(H4,22,23,24,25). The van der Waals surface area contributed by atoms with Gasteiger partial charge in [0, 0.05) is 36.8 Å². The van der Waals surface area contributed by atoms with Gasteiger partial charge in [-0.15, -0.1) is 0 Å². The number of nitrogen functional groups attached to an aromatic ring is 2. The molecule has 1 unspecified atom stereocenters. The number of anilines is 3. The first kappa shape index (κ1) is 18.8. The van der Waals surface area contributed by atoms with E-state index in [1.54, 1.807) is 6.07 Å². The van der Waals surface area contributed by atoms with Gasteiger partial charge in [0.05, 0.1) is 5.41 Å². The van der Waals surface area contributed by atoms with Crippen LogP contribution in [0.4, 0.5) is 17.6 Å². The zero-order valence-electron chi connectivity index (χ0n) is 15.9. The molecule has 1 aromatic heterocycles. The summed E-state index contributed by atoms with van der Waals surface area (Å²) in [5.74, 6) is 1.36. The van der Waals surface area contributed by atoms with E-state index in [-0.39, 0.29) is 17.9 Å². The van der Waals surface area contributed by atoms with E-state index in [0.717, 1.165) is 24.9 Å². The highest BCUT2D eigenvalue weighted by atomic mass is 35.5. The molecule has 2 aromatic rings. The van der Waals surface area contributed by atoms with Crippen molar-refractivity contribution in [2.24, 2.45) is 5.41 Å². The van der Waals surface area contributed by atoms with E-state index >= 15 is 0 Å². The van der Waals surface area contributed by atoms with Gasteiger partial charge in [0.1, 0.15) is 11.6 Å². The van der Waals surface area contributed by atoms with Crippen LogP contribution in [0.5, 0.6) is 0 Å². The quantitative estimate of drug-likeness (QED) is 0.816. The van der Waals surface area contributed by atoms with Crippen LogP contribution < -0.4 is 16.4 Å². The fraction of sp³-hybridized carbons (Fsp3) is 0.450. The molecule has 0 spiro atoms. The predicted molar refractivity (Wildman–Crippen MR) is 111 cm³/mol. The Kier molecular flexibility index (Phi) is 4.79. The first-order chi connectivity index (χ1) is 13.4. The Morgan fingerprint density at radius 1 is 1.25 bits per heavy atom. The first-order valence-corrected chi connectivity index (χ1v) is 9.95. The molecule has 0 radical (unpaired) electrons. The second kappa shape index (κ2) is 7.13. The lowest BCUT2D eigenvalue weighted by molar-refractivity contribution is -0.144. The van der Waals surface area contributed by atoms with Crippen LogP contribution in [0.3, 0.4) is 0 Å². The molecule has 3 heterocycles. The van der Waals surface area contributed by atoms with Crippen LogP contribution in [0.1, 0.15) is 25.3 Å². The molecule has 0 aliphatic carbocycles. The summed E-state index contributed by atoms with van der Waals surface area (Å²) in [5, 5.41) is 0.694. The summed E-state index contributed by atoms with van der Waals surface area (Å²) >= 11 is 6.03. The normalized spacial score (nSPS) is 20.9. The Bertz CT molecular complexity index is 861. The van der Waals surface area contributed by atoms with E-state index in [1.807, 2.05) is 34.1 Å². The topological polar surface area (TPSA) is 101 Å². The van der Waals surface area contributed by atoms with Gasteiger partial charge < -0.3 is 21.3 Å². The number of halogens is 1. The Hall–Kier alpha value is -2.54. The summed E-state index contributed by atoms with van der Waals surface area (Å²) in [4.78, 5) is 25.8. The second-order valence-electron chi connectivity index (χ2n) is 7.94. The highest BCUT2D eigenvalue weighted by Gasteiger charge is 2.52. The molecule has 2 aliphatic heterocycles. The summed E-state index contributed by atoms with van der Waals surface area (Å²) in [7, 11) is 0. The number of hydrogen-bond donors (Lipinski definition) is 2. The predicted octanol–water partition coefficient (Wildman–Crippen LogP) is 2.35. The number of hydrogen-bond acceptors (Lipinski definition) is 6. The Morgan fingerprint density at radius 3 is 2.57 bits per heavy atom. The van der Waals surface area contributed by atoms with Crippen molar-refractivity contribution in [2.75, 3.05) is 36.0 Å². The van der Waals surface area contributed by atoms with Crippen LogP contribution in [-0.2, 0) is 11.2 Å². The molecule has 2 aliphatic rings. The molecule has 2 saturated heterocycles. The second-order valence-corrected chi connectivity index (χ2v) is 8.38. The van der Waals surface area contributed by atoms with Crippen LogP contribution in [0.25, 0.3) is 0 Å². The minimum atomic E-state index is -0.485. The average molecular weight is 401 g/mol. The number of carbonyl (C=O) groups excluding carboxylic acids is 1. The van der Waals surface area contributed by atoms with E-state index in [4.69, 9.17) is 23.1 Å². The third-order valence-corrected chi connectivity index (χ3v) is 6.04. The number of nitrogens with zero attached hydrogens (tertiary/aromatic N) is 4. The van der Waals surface area contributed by atoms with Crippen LogP contribution in [-0.4, -0.2) is 46.5 Å². The Balaban J connectivity index is 1.60. The van der Waals surface area contributed by atoms with Crippen molar-refractivity contribution < 1.29 is 4.79 Å². The molecule has 148 valence electrons. The first-order valence-electron chi connectivity index (χ1n) is 9.57. The molecule has 8 heteroatoms.